The maximum atomic E-state index is 13.3. The van der Waals surface area contributed by atoms with Gasteiger partial charge in [0.15, 0.2) is 21.7 Å². The number of hydrogen-bond acceptors (Lipinski definition) is 7. The largest absolute Gasteiger partial charge is 0.443 e. The van der Waals surface area contributed by atoms with Crippen molar-refractivity contribution >= 4 is 45.1 Å². The van der Waals surface area contributed by atoms with Crippen LogP contribution in [0.5, 0.6) is 0 Å². The van der Waals surface area contributed by atoms with E-state index in [4.69, 9.17) is 9.47 Å². The summed E-state index contributed by atoms with van der Waals surface area (Å²) in [4.78, 5) is 39.6. The molecule has 2 heterocycles. The van der Waals surface area contributed by atoms with Crippen molar-refractivity contribution in [2.24, 2.45) is 0 Å². The summed E-state index contributed by atoms with van der Waals surface area (Å²) in [6.07, 6.45) is -0.698. The number of halogens is 2. The van der Waals surface area contributed by atoms with Gasteiger partial charge >= 0.3 is 12.2 Å². The van der Waals surface area contributed by atoms with Gasteiger partial charge in [0.05, 0.1) is 6.54 Å². The molecule has 0 atom stereocenters. The van der Waals surface area contributed by atoms with Gasteiger partial charge in [-0.3, -0.25) is 4.57 Å². The van der Waals surface area contributed by atoms with Crippen LogP contribution in [0.1, 0.15) is 47.1 Å². The first kappa shape index (κ1) is 24.6. The smallest absolute Gasteiger partial charge is 0.425 e. The standard InChI is InChI=1S/C22H25BrFN5O4/c1-21(2,3)32-19(30)29(20(31)33-22(4,5)6)17-15-16(25-12-26-17)28(18(23)27-15)11-13-7-9-14(24)10-8-13/h7-10,12H,11H2,1-6H3. The van der Waals surface area contributed by atoms with Crippen LogP contribution in [0, 0.1) is 5.82 Å². The van der Waals surface area contributed by atoms with E-state index in [1.54, 1.807) is 58.2 Å². The fourth-order valence-electron chi connectivity index (χ4n) is 2.84. The fourth-order valence-corrected chi connectivity index (χ4v) is 3.31. The molecule has 0 bridgehead atoms. The summed E-state index contributed by atoms with van der Waals surface area (Å²) in [6.45, 7) is 10.4. The number of imidazole rings is 1. The molecule has 0 aliphatic carbocycles. The van der Waals surface area contributed by atoms with Crippen LogP contribution in [0.3, 0.4) is 0 Å². The molecule has 9 nitrogen and oxygen atoms in total. The summed E-state index contributed by atoms with van der Waals surface area (Å²) in [5, 5.41) is 0. The summed E-state index contributed by atoms with van der Waals surface area (Å²) in [5.74, 6) is -0.426. The zero-order valence-corrected chi connectivity index (χ0v) is 20.8. The van der Waals surface area contributed by atoms with Crippen molar-refractivity contribution in [3.8, 4) is 0 Å². The highest BCUT2D eigenvalue weighted by atomic mass is 79.9. The van der Waals surface area contributed by atoms with Gasteiger partial charge in [-0.15, -0.1) is 0 Å². The maximum Gasteiger partial charge on any atom is 0.425 e. The average molecular weight is 522 g/mol. The molecule has 3 rings (SSSR count). The Morgan fingerprint density at radius 2 is 1.55 bits per heavy atom. The molecular formula is C22H25BrFN5O4. The molecule has 2 aromatic heterocycles. The summed E-state index contributed by atoms with van der Waals surface area (Å²) in [7, 11) is 0. The summed E-state index contributed by atoms with van der Waals surface area (Å²) < 4.78 is 26.2. The fraction of sp³-hybridized carbons (Fsp3) is 0.409. The van der Waals surface area contributed by atoms with E-state index in [-0.39, 0.29) is 17.2 Å². The lowest BCUT2D eigenvalue weighted by Gasteiger charge is -2.28. The van der Waals surface area contributed by atoms with Crippen molar-refractivity contribution in [1.82, 2.24) is 19.5 Å². The van der Waals surface area contributed by atoms with Crippen LogP contribution >= 0.6 is 15.9 Å². The van der Waals surface area contributed by atoms with Crippen molar-refractivity contribution in [3.05, 3.63) is 46.7 Å². The average Bonchev–Trinajstić information content (AvgIpc) is 2.97. The molecule has 0 aliphatic rings. The minimum Gasteiger partial charge on any atom is -0.443 e. The van der Waals surface area contributed by atoms with Crippen LogP contribution in [0.25, 0.3) is 11.2 Å². The second-order valence-electron chi connectivity index (χ2n) is 9.26. The number of fused-ring (bicyclic) bond motifs is 1. The monoisotopic (exact) mass is 521 g/mol. The summed E-state index contributed by atoms with van der Waals surface area (Å²) in [5.41, 5.74) is -0.401. The molecule has 11 heteroatoms. The molecule has 2 amide bonds. The van der Waals surface area contributed by atoms with Crippen LogP contribution in [0.4, 0.5) is 19.8 Å². The molecule has 1 aromatic carbocycles. The molecule has 0 N–H and O–H groups in total. The van der Waals surface area contributed by atoms with E-state index in [1.165, 1.54) is 18.5 Å². The Morgan fingerprint density at radius 1 is 1.00 bits per heavy atom. The molecular weight excluding hydrogens is 497 g/mol. The number of nitrogens with zero attached hydrogens (tertiary/aromatic N) is 5. The first-order chi connectivity index (χ1) is 15.2. The Labute approximate surface area is 199 Å². The Bertz CT molecular complexity index is 1150. The van der Waals surface area contributed by atoms with E-state index in [1.807, 2.05) is 0 Å². The number of amides is 2. The maximum absolute atomic E-state index is 13.3. The minimum absolute atomic E-state index is 0.0814. The van der Waals surface area contributed by atoms with Gasteiger partial charge < -0.3 is 9.47 Å². The predicted octanol–water partition coefficient (Wildman–Crippen LogP) is 5.45. The normalized spacial score (nSPS) is 12.0. The Morgan fingerprint density at radius 3 is 2.06 bits per heavy atom. The highest BCUT2D eigenvalue weighted by Crippen LogP contribution is 2.29. The SMILES string of the molecule is CC(C)(C)OC(=O)N(C(=O)OC(C)(C)C)c1ncnc2c1nc(Br)n2Cc1ccc(F)cc1. The van der Waals surface area contributed by atoms with E-state index in [9.17, 15) is 14.0 Å². The van der Waals surface area contributed by atoms with E-state index in [0.29, 0.717) is 21.8 Å². The zero-order valence-electron chi connectivity index (χ0n) is 19.2. The third-order valence-corrected chi connectivity index (χ3v) is 4.69. The Kier molecular flexibility index (Phi) is 6.73. The third-order valence-electron chi connectivity index (χ3n) is 4.08. The van der Waals surface area contributed by atoms with Gasteiger partial charge in [0.1, 0.15) is 23.3 Å². The number of carbonyl (C=O) groups is 2. The van der Waals surface area contributed by atoms with E-state index >= 15 is 0 Å². The van der Waals surface area contributed by atoms with Crippen LogP contribution < -0.4 is 4.90 Å². The number of carbonyl (C=O) groups excluding carboxylic acids is 2. The number of hydrogen-bond donors (Lipinski definition) is 0. The second kappa shape index (κ2) is 9.05. The molecule has 176 valence electrons. The first-order valence-corrected chi connectivity index (χ1v) is 10.9. The predicted molar refractivity (Wildman–Crippen MR) is 123 cm³/mol. The van der Waals surface area contributed by atoms with Crippen LogP contribution in [-0.2, 0) is 16.0 Å². The van der Waals surface area contributed by atoms with Crippen LogP contribution in [-0.4, -0.2) is 42.9 Å². The molecule has 0 spiro atoms. The highest BCUT2D eigenvalue weighted by molar-refractivity contribution is 9.10. The Balaban J connectivity index is 2.10. The van der Waals surface area contributed by atoms with Crippen molar-refractivity contribution in [2.45, 2.75) is 59.3 Å². The number of aromatic nitrogens is 4. The molecule has 0 fully saturated rings. The van der Waals surface area contributed by atoms with Crippen LogP contribution in [0.2, 0.25) is 0 Å². The number of benzene rings is 1. The lowest BCUT2D eigenvalue weighted by molar-refractivity contribution is 0.0429. The van der Waals surface area contributed by atoms with Crippen LogP contribution in [0.15, 0.2) is 35.3 Å². The van der Waals surface area contributed by atoms with Crippen molar-refractivity contribution in [3.63, 3.8) is 0 Å². The lowest BCUT2D eigenvalue weighted by atomic mass is 10.2. The molecule has 3 aromatic rings. The zero-order chi connectivity index (χ0) is 24.6. The quantitative estimate of drug-likeness (QED) is 0.422. The third kappa shape index (κ3) is 6.04. The van der Waals surface area contributed by atoms with Gasteiger partial charge in [0.2, 0.25) is 0 Å². The summed E-state index contributed by atoms with van der Waals surface area (Å²) in [6, 6.07) is 6.00. The Hall–Kier alpha value is -3.08. The highest BCUT2D eigenvalue weighted by Gasteiger charge is 2.36. The van der Waals surface area contributed by atoms with Gasteiger partial charge in [-0.2, -0.15) is 4.90 Å². The van der Waals surface area contributed by atoms with Gasteiger partial charge in [-0.05, 0) is 75.2 Å². The van der Waals surface area contributed by atoms with Crippen molar-refractivity contribution in [1.29, 1.82) is 0 Å². The number of ether oxygens (including phenoxy) is 2. The minimum atomic E-state index is -0.957. The van der Waals surface area contributed by atoms with E-state index in [2.05, 4.69) is 30.9 Å². The molecule has 0 aliphatic heterocycles. The van der Waals surface area contributed by atoms with Gasteiger partial charge in [0, 0.05) is 0 Å². The van der Waals surface area contributed by atoms with Gasteiger partial charge in [-0.1, -0.05) is 12.1 Å². The molecule has 0 saturated carbocycles. The number of imide groups is 1. The number of anilines is 1. The second-order valence-corrected chi connectivity index (χ2v) is 9.97. The summed E-state index contributed by atoms with van der Waals surface area (Å²) >= 11 is 3.40. The molecule has 0 radical (unpaired) electrons. The molecule has 33 heavy (non-hydrogen) atoms. The van der Waals surface area contributed by atoms with E-state index in [0.717, 1.165) is 5.56 Å². The lowest BCUT2D eigenvalue weighted by Crippen LogP contribution is -2.44. The molecule has 0 unspecified atom stereocenters. The van der Waals surface area contributed by atoms with Crippen molar-refractivity contribution < 1.29 is 23.5 Å². The molecule has 0 saturated heterocycles. The first-order valence-electron chi connectivity index (χ1n) is 10.1. The topological polar surface area (TPSA) is 99.4 Å². The van der Waals surface area contributed by atoms with Gasteiger partial charge in [0.25, 0.3) is 0 Å². The van der Waals surface area contributed by atoms with Gasteiger partial charge in [-0.25, -0.2) is 28.9 Å². The van der Waals surface area contributed by atoms with Crippen molar-refractivity contribution in [2.75, 3.05) is 4.90 Å². The van der Waals surface area contributed by atoms with E-state index < -0.39 is 23.4 Å². The number of rotatable bonds is 3.